The number of carbonyl (C=O) groups is 1. The van der Waals surface area contributed by atoms with E-state index in [4.69, 9.17) is 5.73 Å². The minimum Gasteiger partial charge on any atom is -0.384 e. The van der Waals surface area contributed by atoms with Gasteiger partial charge in [0.15, 0.2) is 0 Å². The van der Waals surface area contributed by atoms with E-state index in [1.807, 2.05) is 0 Å². The highest BCUT2D eigenvalue weighted by Gasteiger charge is 2.16. The van der Waals surface area contributed by atoms with Crippen molar-refractivity contribution in [2.75, 3.05) is 25.0 Å². The average Bonchev–Trinajstić information content (AvgIpc) is 2.48. The van der Waals surface area contributed by atoms with E-state index in [1.165, 1.54) is 31.0 Å². The lowest BCUT2D eigenvalue weighted by molar-refractivity contribution is -0.384. The lowest BCUT2D eigenvalue weighted by Crippen LogP contribution is -2.30. The van der Waals surface area contributed by atoms with Gasteiger partial charge >= 0.3 is 0 Å². The molecule has 1 heterocycles. The molecule has 1 saturated heterocycles. The van der Waals surface area contributed by atoms with Crippen LogP contribution in [-0.2, 0) is 0 Å². The summed E-state index contributed by atoms with van der Waals surface area (Å²) >= 11 is 0. The zero-order chi connectivity index (χ0) is 15.2. The van der Waals surface area contributed by atoms with Crippen LogP contribution in [0.25, 0.3) is 0 Å². The fourth-order valence-corrected chi connectivity index (χ4v) is 2.59. The summed E-state index contributed by atoms with van der Waals surface area (Å²) in [5.41, 5.74) is 5.86. The highest BCUT2D eigenvalue weighted by atomic mass is 16.6. The molecule has 114 valence electrons. The zero-order valence-electron chi connectivity index (χ0n) is 11.8. The molecule has 7 nitrogen and oxygen atoms in total. The van der Waals surface area contributed by atoms with Crippen LogP contribution in [0.2, 0.25) is 0 Å². The maximum Gasteiger partial charge on any atom is 0.270 e. The first-order chi connectivity index (χ1) is 10.1. The van der Waals surface area contributed by atoms with Crippen LogP contribution in [0.5, 0.6) is 0 Å². The standard InChI is InChI=1S/C14H20N4O3/c15-14(19)12-8-11(18(20)21)3-4-13(12)17-7-5-10-2-1-6-16-9-10/h3-4,8,10,16-17H,1-2,5-7,9H2,(H2,15,19). The van der Waals surface area contributed by atoms with Crippen molar-refractivity contribution in [2.45, 2.75) is 19.3 Å². The third-order valence-electron chi connectivity index (χ3n) is 3.75. The molecule has 2 rings (SSSR count). The maximum atomic E-state index is 11.4. The van der Waals surface area contributed by atoms with Crippen molar-refractivity contribution in [1.29, 1.82) is 0 Å². The molecular weight excluding hydrogens is 272 g/mol. The van der Waals surface area contributed by atoms with E-state index in [9.17, 15) is 14.9 Å². The maximum absolute atomic E-state index is 11.4. The number of piperidine rings is 1. The molecule has 1 unspecified atom stereocenters. The second kappa shape index (κ2) is 7.03. The molecule has 1 aliphatic heterocycles. The Morgan fingerprint density at radius 2 is 2.33 bits per heavy atom. The predicted octanol–water partition coefficient (Wildman–Crippen LogP) is 1.50. The Morgan fingerprint density at radius 3 is 2.95 bits per heavy atom. The minimum atomic E-state index is -0.666. The molecule has 0 spiro atoms. The van der Waals surface area contributed by atoms with Crippen molar-refractivity contribution >= 4 is 17.3 Å². The molecule has 1 aliphatic rings. The van der Waals surface area contributed by atoms with Crippen LogP contribution < -0.4 is 16.4 Å². The van der Waals surface area contributed by atoms with E-state index in [2.05, 4.69) is 10.6 Å². The van der Waals surface area contributed by atoms with Gasteiger partial charge in [-0.1, -0.05) is 0 Å². The molecular formula is C14H20N4O3. The molecule has 1 aromatic carbocycles. The molecule has 0 saturated carbocycles. The van der Waals surface area contributed by atoms with Crippen molar-refractivity contribution in [1.82, 2.24) is 5.32 Å². The number of benzene rings is 1. The van der Waals surface area contributed by atoms with Crippen molar-refractivity contribution in [3.05, 3.63) is 33.9 Å². The lowest BCUT2D eigenvalue weighted by Gasteiger charge is -2.23. The van der Waals surface area contributed by atoms with Crippen LogP contribution in [0.3, 0.4) is 0 Å². The summed E-state index contributed by atoms with van der Waals surface area (Å²) in [5.74, 6) is -0.0399. The molecule has 4 N–H and O–H groups in total. The van der Waals surface area contributed by atoms with Gasteiger partial charge in [-0.05, 0) is 44.3 Å². The molecule has 1 fully saturated rings. The van der Waals surface area contributed by atoms with Crippen LogP contribution in [0.15, 0.2) is 18.2 Å². The zero-order valence-corrected chi connectivity index (χ0v) is 11.8. The molecule has 0 aliphatic carbocycles. The average molecular weight is 292 g/mol. The normalized spacial score (nSPS) is 18.2. The van der Waals surface area contributed by atoms with Crippen LogP contribution in [-0.4, -0.2) is 30.5 Å². The summed E-state index contributed by atoms with van der Waals surface area (Å²) < 4.78 is 0. The third kappa shape index (κ3) is 4.16. The number of nitro groups is 1. The van der Waals surface area contributed by atoms with Gasteiger partial charge in [0.05, 0.1) is 10.5 Å². The fourth-order valence-electron chi connectivity index (χ4n) is 2.59. The number of nitrogens with one attached hydrogen (secondary N) is 2. The predicted molar refractivity (Wildman–Crippen MR) is 80.3 cm³/mol. The van der Waals surface area contributed by atoms with Crippen LogP contribution in [0.1, 0.15) is 29.6 Å². The Kier molecular flexibility index (Phi) is 5.10. The summed E-state index contributed by atoms with van der Waals surface area (Å²) in [7, 11) is 0. The Hall–Kier alpha value is -2.15. The Balaban J connectivity index is 1.98. The van der Waals surface area contributed by atoms with Gasteiger partial charge < -0.3 is 16.4 Å². The van der Waals surface area contributed by atoms with Crippen molar-refractivity contribution in [2.24, 2.45) is 11.7 Å². The first-order valence-electron chi connectivity index (χ1n) is 7.10. The smallest absolute Gasteiger partial charge is 0.270 e. The number of hydrogen-bond donors (Lipinski definition) is 3. The topological polar surface area (TPSA) is 110 Å². The summed E-state index contributed by atoms with van der Waals surface area (Å²) in [4.78, 5) is 21.6. The molecule has 1 amide bonds. The number of amides is 1. The Bertz CT molecular complexity index is 527. The van der Waals surface area contributed by atoms with Crippen LogP contribution >= 0.6 is 0 Å². The van der Waals surface area contributed by atoms with Crippen molar-refractivity contribution in [3.63, 3.8) is 0 Å². The number of rotatable bonds is 6. The molecule has 0 bridgehead atoms. The number of primary amides is 1. The summed E-state index contributed by atoms with van der Waals surface area (Å²) in [5, 5.41) is 17.2. The molecule has 0 radical (unpaired) electrons. The van der Waals surface area contributed by atoms with E-state index in [0.29, 0.717) is 18.2 Å². The molecule has 1 aromatic rings. The first kappa shape index (κ1) is 15.2. The first-order valence-corrected chi connectivity index (χ1v) is 7.10. The second-order valence-corrected chi connectivity index (χ2v) is 5.28. The Labute approximate surface area is 123 Å². The van der Waals surface area contributed by atoms with Gasteiger partial charge in [-0.15, -0.1) is 0 Å². The molecule has 21 heavy (non-hydrogen) atoms. The monoisotopic (exact) mass is 292 g/mol. The number of hydrogen-bond acceptors (Lipinski definition) is 5. The largest absolute Gasteiger partial charge is 0.384 e. The van der Waals surface area contributed by atoms with Gasteiger partial charge in [0, 0.05) is 24.4 Å². The van der Waals surface area contributed by atoms with Gasteiger partial charge in [-0.25, -0.2) is 0 Å². The number of carbonyl (C=O) groups excluding carboxylic acids is 1. The number of nitrogens with two attached hydrogens (primary N) is 1. The van der Waals surface area contributed by atoms with Crippen LogP contribution in [0.4, 0.5) is 11.4 Å². The summed E-state index contributed by atoms with van der Waals surface area (Å²) in [6, 6.07) is 4.13. The van der Waals surface area contributed by atoms with E-state index >= 15 is 0 Å². The van der Waals surface area contributed by atoms with E-state index in [0.717, 1.165) is 19.5 Å². The van der Waals surface area contributed by atoms with Gasteiger partial charge in [-0.3, -0.25) is 14.9 Å². The molecule has 0 aromatic heterocycles. The number of nitrogens with zero attached hydrogens (tertiary/aromatic N) is 1. The summed E-state index contributed by atoms with van der Waals surface area (Å²) in [6.07, 6.45) is 3.38. The number of non-ortho nitro benzene ring substituents is 1. The van der Waals surface area contributed by atoms with Gasteiger partial charge in [-0.2, -0.15) is 0 Å². The van der Waals surface area contributed by atoms with Crippen molar-refractivity contribution < 1.29 is 9.72 Å². The highest BCUT2D eigenvalue weighted by molar-refractivity contribution is 5.99. The fraction of sp³-hybridized carbons (Fsp3) is 0.500. The second-order valence-electron chi connectivity index (χ2n) is 5.28. The number of nitro benzene ring substituents is 1. The lowest BCUT2D eigenvalue weighted by atomic mass is 9.96. The summed E-state index contributed by atoms with van der Waals surface area (Å²) in [6.45, 7) is 2.81. The molecule has 7 heteroatoms. The Morgan fingerprint density at radius 1 is 1.52 bits per heavy atom. The highest BCUT2D eigenvalue weighted by Crippen LogP contribution is 2.22. The van der Waals surface area contributed by atoms with E-state index < -0.39 is 10.8 Å². The van der Waals surface area contributed by atoms with Crippen molar-refractivity contribution in [3.8, 4) is 0 Å². The SMILES string of the molecule is NC(=O)c1cc([N+](=O)[O-])ccc1NCCC1CCCNC1. The quantitative estimate of drug-likeness (QED) is 0.543. The van der Waals surface area contributed by atoms with E-state index in [1.54, 1.807) is 0 Å². The number of anilines is 1. The van der Waals surface area contributed by atoms with Gasteiger partial charge in [0.1, 0.15) is 0 Å². The van der Waals surface area contributed by atoms with Gasteiger partial charge in [0.2, 0.25) is 0 Å². The minimum absolute atomic E-state index is 0.133. The molecule has 1 atom stereocenters. The van der Waals surface area contributed by atoms with Gasteiger partial charge in [0.25, 0.3) is 11.6 Å². The van der Waals surface area contributed by atoms with Crippen LogP contribution in [0, 0.1) is 16.0 Å². The third-order valence-corrected chi connectivity index (χ3v) is 3.75. The van der Waals surface area contributed by atoms with E-state index in [-0.39, 0.29) is 11.3 Å².